The lowest BCUT2D eigenvalue weighted by Gasteiger charge is -2.45. The summed E-state index contributed by atoms with van der Waals surface area (Å²) in [5.74, 6) is -0.159. The maximum Gasteiger partial charge on any atom is 0.274 e. The maximum atomic E-state index is 12.5. The normalized spacial score (nSPS) is 19.5. The predicted octanol–water partition coefficient (Wildman–Crippen LogP) is 2.55. The lowest BCUT2D eigenvalue weighted by atomic mass is 9.99. The van der Waals surface area contributed by atoms with Gasteiger partial charge in [-0.2, -0.15) is 0 Å². The number of nitrogens with zero attached hydrogens (tertiary/aromatic N) is 3. The average Bonchev–Trinajstić information content (AvgIpc) is 2.35. The molecule has 0 aromatic carbocycles. The first-order valence-electron chi connectivity index (χ1n) is 6.14. The number of amides is 1. The van der Waals surface area contributed by atoms with Crippen molar-refractivity contribution in [3.8, 4) is 0 Å². The van der Waals surface area contributed by atoms with Gasteiger partial charge in [-0.25, -0.2) is 4.98 Å². The van der Waals surface area contributed by atoms with E-state index in [1.807, 2.05) is 0 Å². The second-order valence-corrected chi connectivity index (χ2v) is 6.22. The van der Waals surface area contributed by atoms with Crippen LogP contribution in [0.25, 0.3) is 0 Å². The average molecular weight is 302 g/mol. The molecule has 1 aromatic heterocycles. The predicted molar refractivity (Wildman–Crippen MR) is 76.9 cm³/mol. The topological polar surface area (TPSA) is 36.4 Å². The fourth-order valence-corrected chi connectivity index (χ4v) is 2.47. The zero-order valence-electron chi connectivity index (χ0n) is 11.3. The minimum atomic E-state index is -0.159. The first kappa shape index (κ1) is 14.6. The molecule has 19 heavy (non-hydrogen) atoms. The number of piperazine rings is 1. The highest BCUT2D eigenvalue weighted by Crippen LogP contribution is 2.23. The molecule has 2 heterocycles. The van der Waals surface area contributed by atoms with E-state index in [2.05, 4.69) is 30.8 Å². The number of rotatable bonds is 1. The Morgan fingerprint density at radius 2 is 2.00 bits per heavy atom. The summed E-state index contributed by atoms with van der Waals surface area (Å²) in [6, 6.07) is 3.18. The second-order valence-electron chi connectivity index (χ2n) is 5.43. The number of likely N-dealkylation sites (N-methyl/N-ethyl adjacent to an activating group) is 1. The fraction of sp³-hybridized carbons (Fsp3) is 0.538. The number of hydrogen-bond acceptors (Lipinski definition) is 3. The van der Waals surface area contributed by atoms with Gasteiger partial charge in [-0.1, -0.05) is 23.2 Å². The third kappa shape index (κ3) is 3.02. The number of carbonyl (C=O) groups is 1. The summed E-state index contributed by atoms with van der Waals surface area (Å²) in [6.45, 7) is 6.37. The van der Waals surface area contributed by atoms with E-state index in [-0.39, 0.29) is 22.3 Å². The summed E-state index contributed by atoms with van der Waals surface area (Å²) in [5, 5.41) is 0.618. The largest absolute Gasteiger partial charge is 0.334 e. The molecule has 0 unspecified atom stereocenters. The molecule has 0 spiro atoms. The number of pyridine rings is 1. The van der Waals surface area contributed by atoms with E-state index in [0.717, 1.165) is 6.54 Å². The summed E-state index contributed by atoms with van der Waals surface area (Å²) in [5.41, 5.74) is 0.174. The Morgan fingerprint density at radius 3 is 2.63 bits per heavy atom. The third-order valence-corrected chi connectivity index (χ3v) is 4.13. The molecule has 4 nitrogen and oxygen atoms in total. The van der Waals surface area contributed by atoms with Gasteiger partial charge in [0.15, 0.2) is 0 Å². The van der Waals surface area contributed by atoms with Gasteiger partial charge in [-0.15, -0.1) is 0 Å². The highest BCUT2D eigenvalue weighted by molar-refractivity contribution is 6.34. The Morgan fingerprint density at radius 1 is 1.32 bits per heavy atom. The van der Waals surface area contributed by atoms with Crippen molar-refractivity contribution in [2.24, 2.45) is 0 Å². The van der Waals surface area contributed by atoms with E-state index in [1.165, 1.54) is 0 Å². The van der Waals surface area contributed by atoms with Crippen molar-refractivity contribution in [3.05, 3.63) is 28.0 Å². The SMILES string of the molecule is CN1CCN(C(=O)c2nc(Cl)ccc2Cl)CC1(C)C. The van der Waals surface area contributed by atoms with Crippen molar-refractivity contribution >= 4 is 29.1 Å². The molecule has 0 bridgehead atoms. The Hall–Kier alpha value is -0.840. The van der Waals surface area contributed by atoms with Gasteiger partial charge in [0.05, 0.1) is 5.02 Å². The zero-order chi connectivity index (χ0) is 14.2. The first-order chi connectivity index (χ1) is 8.81. The molecule has 0 aliphatic carbocycles. The van der Waals surface area contributed by atoms with Gasteiger partial charge in [0.25, 0.3) is 5.91 Å². The Kier molecular flexibility index (Phi) is 4.04. The van der Waals surface area contributed by atoms with Crippen LogP contribution in [0.2, 0.25) is 10.2 Å². The Labute approximate surface area is 123 Å². The molecule has 1 saturated heterocycles. The van der Waals surface area contributed by atoms with Crippen LogP contribution in [0.4, 0.5) is 0 Å². The molecule has 1 amide bonds. The molecule has 104 valence electrons. The monoisotopic (exact) mass is 301 g/mol. The fourth-order valence-electron chi connectivity index (χ4n) is 2.13. The minimum Gasteiger partial charge on any atom is -0.334 e. The lowest BCUT2D eigenvalue weighted by molar-refractivity contribution is 0.0307. The van der Waals surface area contributed by atoms with E-state index in [4.69, 9.17) is 23.2 Å². The molecule has 1 aromatic rings. The summed E-state index contributed by atoms with van der Waals surface area (Å²) in [7, 11) is 2.06. The molecule has 1 fully saturated rings. The quantitative estimate of drug-likeness (QED) is 0.748. The molecular formula is C13H17Cl2N3O. The molecule has 6 heteroatoms. The van der Waals surface area contributed by atoms with Gasteiger partial charge < -0.3 is 4.90 Å². The molecule has 1 aliphatic heterocycles. The highest BCUT2D eigenvalue weighted by atomic mass is 35.5. The molecule has 0 N–H and O–H groups in total. The lowest BCUT2D eigenvalue weighted by Crippen LogP contribution is -2.59. The Balaban J connectivity index is 2.23. The second kappa shape index (κ2) is 5.27. The van der Waals surface area contributed by atoms with Gasteiger partial charge in [-0.05, 0) is 33.0 Å². The van der Waals surface area contributed by atoms with Crippen molar-refractivity contribution in [3.63, 3.8) is 0 Å². The molecule has 0 atom stereocenters. The van der Waals surface area contributed by atoms with Gasteiger partial charge in [0, 0.05) is 25.2 Å². The van der Waals surface area contributed by atoms with E-state index in [0.29, 0.717) is 18.1 Å². The van der Waals surface area contributed by atoms with Gasteiger partial charge in [-0.3, -0.25) is 9.69 Å². The van der Waals surface area contributed by atoms with Gasteiger partial charge in [0.1, 0.15) is 10.8 Å². The van der Waals surface area contributed by atoms with E-state index in [1.54, 1.807) is 17.0 Å². The molecule has 2 rings (SSSR count). The van der Waals surface area contributed by atoms with E-state index in [9.17, 15) is 4.79 Å². The third-order valence-electron chi connectivity index (χ3n) is 3.62. The van der Waals surface area contributed by atoms with Crippen molar-refractivity contribution in [2.75, 3.05) is 26.7 Å². The summed E-state index contributed by atoms with van der Waals surface area (Å²) in [4.78, 5) is 20.5. The van der Waals surface area contributed by atoms with Gasteiger partial charge >= 0.3 is 0 Å². The van der Waals surface area contributed by atoms with Crippen molar-refractivity contribution < 1.29 is 4.79 Å². The number of aromatic nitrogens is 1. The van der Waals surface area contributed by atoms with Crippen LogP contribution in [0.15, 0.2) is 12.1 Å². The van der Waals surface area contributed by atoms with Crippen molar-refractivity contribution in [1.29, 1.82) is 0 Å². The van der Waals surface area contributed by atoms with E-state index < -0.39 is 0 Å². The van der Waals surface area contributed by atoms with E-state index >= 15 is 0 Å². The minimum absolute atomic E-state index is 0.0566. The van der Waals surface area contributed by atoms with Crippen molar-refractivity contribution in [2.45, 2.75) is 19.4 Å². The standard InChI is InChI=1S/C13H17Cl2N3O/c1-13(2)8-18(7-6-17(13)3)12(19)11-9(14)4-5-10(15)16-11/h4-5H,6-8H2,1-3H3. The smallest absolute Gasteiger partial charge is 0.274 e. The first-order valence-corrected chi connectivity index (χ1v) is 6.89. The van der Waals surface area contributed by atoms with Crippen LogP contribution in [0.1, 0.15) is 24.3 Å². The molecule has 0 saturated carbocycles. The van der Waals surface area contributed by atoms with Crippen molar-refractivity contribution in [1.82, 2.24) is 14.8 Å². The van der Waals surface area contributed by atoms with Crippen LogP contribution in [0, 0.1) is 0 Å². The van der Waals surface area contributed by atoms with Crippen LogP contribution in [0.3, 0.4) is 0 Å². The van der Waals surface area contributed by atoms with Crippen LogP contribution in [0.5, 0.6) is 0 Å². The van der Waals surface area contributed by atoms with Crippen LogP contribution in [-0.2, 0) is 0 Å². The highest BCUT2D eigenvalue weighted by Gasteiger charge is 2.34. The van der Waals surface area contributed by atoms with Gasteiger partial charge in [0.2, 0.25) is 0 Å². The van der Waals surface area contributed by atoms with Crippen LogP contribution >= 0.6 is 23.2 Å². The summed E-state index contributed by atoms with van der Waals surface area (Å²) < 4.78 is 0. The van der Waals surface area contributed by atoms with Crippen LogP contribution in [-0.4, -0.2) is 52.9 Å². The summed E-state index contributed by atoms with van der Waals surface area (Å²) in [6.07, 6.45) is 0. The molecule has 1 aliphatic rings. The molecule has 0 radical (unpaired) electrons. The zero-order valence-corrected chi connectivity index (χ0v) is 12.8. The number of carbonyl (C=O) groups excluding carboxylic acids is 1. The molecular weight excluding hydrogens is 285 g/mol. The van der Waals surface area contributed by atoms with Crippen LogP contribution < -0.4 is 0 Å². The summed E-state index contributed by atoms with van der Waals surface area (Å²) >= 11 is 11.9. The number of halogens is 2. The maximum absolute atomic E-state index is 12.5. The Bertz CT molecular complexity index is 505. The number of hydrogen-bond donors (Lipinski definition) is 0.